The number of carbonyl (C=O) groups is 3. The first-order valence-electron chi connectivity index (χ1n) is 10.9. The summed E-state index contributed by atoms with van der Waals surface area (Å²) >= 11 is 0. The van der Waals surface area contributed by atoms with Gasteiger partial charge in [-0.3, -0.25) is 14.4 Å². The van der Waals surface area contributed by atoms with E-state index in [-0.39, 0.29) is 6.42 Å². The number of amides is 2. The summed E-state index contributed by atoms with van der Waals surface area (Å²) in [4.78, 5) is 40.0. The van der Waals surface area contributed by atoms with Gasteiger partial charge in [0.15, 0.2) is 0 Å². The van der Waals surface area contributed by atoms with Crippen molar-refractivity contribution in [2.24, 2.45) is 11.8 Å². The third-order valence-corrected chi connectivity index (χ3v) is 6.10. The summed E-state index contributed by atoms with van der Waals surface area (Å²) in [6.45, 7) is 1.49. The molecule has 3 aromatic rings. The summed E-state index contributed by atoms with van der Waals surface area (Å²) in [6, 6.07) is 26.8. The highest BCUT2D eigenvalue weighted by molar-refractivity contribution is 6.10. The maximum atomic E-state index is 13.5. The Balaban J connectivity index is 1.74. The van der Waals surface area contributed by atoms with Crippen LogP contribution in [0.2, 0.25) is 0 Å². The largest absolute Gasteiger partial charge is 0.389 e. The van der Waals surface area contributed by atoms with E-state index in [4.69, 9.17) is 0 Å². The molecule has 2 amide bonds. The first-order chi connectivity index (χ1) is 15.9. The number of benzene rings is 3. The molecule has 6 heteroatoms. The summed E-state index contributed by atoms with van der Waals surface area (Å²) in [7, 11) is 0. The van der Waals surface area contributed by atoms with E-state index in [1.54, 1.807) is 72.8 Å². The SMILES string of the molecule is C[C@]1(O)CC(=O)[C@H](C(=O)Nc2ccccc2)[C@H](c2ccccc2)[C@@H]1C(=O)Nc1ccccc1. The Morgan fingerprint density at radius 2 is 1.24 bits per heavy atom. The predicted molar refractivity (Wildman–Crippen MR) is 127 cm³/mol. The first kappa shape index (κ1) is 22.4. The molecule has 0 saturated heterocycles. The van der Waals surface area contributed by atoms with Gasteiger partial charge in [-0.15, -0.1) is 0 Å². The summed E-state index contributed by atoms with van der Waals surface area (Å²) in [5.41, 5.74) is 0.157. The summed E-state index contributed by atoms with van der Waals surface area (Å²) in [5, 5.41) is 16.9. The molecule has 1 saturated carbocycles. The standard InChI is InChI=1S/C27H26N2O4/c1-27(33)17-21(30)23(25(31)28-19-13-7-3-8-14-19)22(18-11-5-2-6-12-18)24(27)26(32)29-20-15-9-4-10-16-20/h2-16,22-24,33H,17H2,1H3,(H,28,31)(H,29,32)/t22-,23-,24+,27-/m0/s1. The lowest BCUT2D eigenvalue weighted by molar-refractivity contribution is -0.150. The van der Waals surface area contributed by atoms with Crippen LogP contribution in [0.25, 0.3) is 0 Å². The number of nitrogens with one attached hydrogen (secondary N) is 2. The van der Waals surface area contributed by atoms with E-state index in [1.807, 2.05) is 18.2 Å². The number of ketones is 1. The van der Waals surface area contributed by atoms with Crippen molar-refractivity contribution < 1.29 is 19.5 Å². The Morgan fingerprint density at radius 1 is 0.788 bits per heavy atom. The molecule has 3 N–H and O–H groups in total. The minimum Gasteiger partial charge on any atom is -0.389 e. The summed E-state index contributed by atoms with van der Waals surface area (Å²) in [6.07, 6.45) is -0.296. The van der Waals surface area contributed by atoms with E-state index in [0.29, 0.717) is 16.9 Å². The smallest absolute Gasteiger partial charge is 0.235 e. The Labute approximate surface area is 192 Å². The second-order valence-electron chi connectivity index (χ2n) is 8.60. The molecule has 4 rings (SSSR count). The number of para-hydroxylation sites is 2. The molecule has 0 spiro atoms. The fourth-order valence-corrected chi connectivity index (χ4v) is 4.65. The zero-order chi connectivity index (χ0) is 23.4. The molecule has 0 aromatic heterocycles. The molecule has 1 aliphatic carbocycles. The van der Waals surface area contributed by atoms with Gasteiger partial charge >= 0.3 is 0 Å². The van der Waals surface area contributed by atoms with Gasteiger partial charge in [-0.05, 0) is 36.8 Å². The lowest BCUT2D eigenvalue weighted by Gasteiger charge is -2.44. The van der Waals surface area contributed by atoms with E-state index in [0.717, 1.165) is 0 Å². The van der Waals surface area contributed by atoms with E-state index in [1.165, 1.54) is 6.92 Å². The van der Waals surface area contributed by atoms with Crippen LogP contribution < -0.4 is 10.6 Å². The van der Waals surface area contributed by atoms with Gasteiger partial charge in [-0.25, -0.2) is 0 Å². The topological polar surface area (TPSA) is 95.5 Å². The zero-order valence-electron chi connectivity index (χ0n) is 18.3. The molecule has 33 heavy (non-hydrogen) atoms. The highest BCUT2D eigenvalue weighted by Crippen LogP contribution is 2.46. The molecule has 1 aliphatic rings. The van der Waals surface area contributed by atoms with Gasteiger partial charge in [-0.1, -0.05) is 66.7 Å². The maximum Gasteiger partial charge on any atom is 0.235 e. The zero-order valence-corrected chi connectivity index (χ0v) is 18.3. The number of carbonyl (C=O) groups excluding carboxylic acids is 3. The molecule has 6 nitrogen and oxygen atoms in total. The Kier molecular flexibility index (Phi) is 6.38. The lowest BCUT2D eigenvalue weighted by Crippen LogP contribution is -2.56. The van der Waals surface area contributed by atoms with Gasteiger partial charge in [0.25, 0.3) is 0 Å². The lowest BCUT2D eigenvalue weighted by atomic mass is 9.61. The van der Waals surface area contributed by atoms with Crippen LogP contribution in [0.3, 0.4) is 0 Å². The van der Waals surface area contributed by atoms with Gasteiger partial charge in [0.1, 0.15) is 11.7 Å². The average Bonchev–Trinajstić information content (AvgIpc) is 2.79. The van der Waals surface area contributed by atoms with Crippen LogP contribution in [0.1, 0.15) is 24.8 Å². The number of hydrogen-bond acceptors (Lipinski definition) is 4. The second-order valence-corrected chi connectivity index (χ2v) is 8.60. The molecule has 0 unspecified atom stereocenters. The third kappa shape index (κ3) is 4.86. The second kappa shape index (κ2) is 9.38. The molecule has 168 valence electrons. The van der Waals surface area contributed by atoms with Crippen LogP contribution in [0.4, 0.5) is 11.4 Å². The van der Waals surface area contributed by atoms with Crippen molar-refractivity contribution in [1.29, 1.82) is 0 Å². The normalized spacial score (nSPS) is 24.7. The molecule has 0 aliphatic heterocycles. The minimum atomic E-state index is -1.63. The average molecular weight is 443 g/mol. The van der Waals surface area contributed by atoms with Crippen molar-refractivity contribution in [3.63, 3.8) is 0 Å². The predicted octanol–water partition coefficient (Wildman–Crippen LogP) is 4.00. The van der Waals surface area contributed by atoms with Crippen LogP contribution in [0.15, 0.2) is 91.0 Å². The Morgan fingerprint density at radius 3 is 1.76 bits per heavy atom. The van der Waals surface area contributed by atoms with Gasteiger partial charge < -0.3 is 15.7 Å². The van der Waals surface area contributed by atoms with Crippen molar-refractivity contribution in [1.82, 2.24) is 0 Å². The summed E-state index contributed by atoms with van der Waals surface area (Å²) < 4.78 is 0. The van der Waals surface area contributed by atoms with Crippen LogP contribution in [0, 0.1) is 11.8 Å². The number of Topliss-reactive ketones (excluding diaryl/α,β-unsaturated/α-hetero) is 1. The van der Waals surface area contributed by atoms with Crippen molar-refractivity contribution in [3.8, 4) is 0 Å². The molecular formula is C27H26N2O4. The quantitative estimate of drug-likeness (QED) is 0.521. The van der Waals surface area contributed by atoms with Crippen molar-refractivity contribution >= 4 is 29.0 Å². The number of rotatable bonds is 5. The number of hydrogen-bond donors (Lipinski definition) is 3. The highest BCUT2D eigenvalue weighted by Gasteiger charge is 2.55. The van der Waals surface area contributed by atoms with E-state index in [2.05, 4.69) is 10.6 Å². The minimum absolute atomic E-state index is 0.296. The van der Waals surface area contributed by atoms with Crippen LogP contribution in [-0.2, 0) is 14.4 Å². The van der Waals surface area contributed by atoms with Crippen LogP contribution in [-0.4, -0.2) is 28.3 Å². The molecule has 4 atom stereocenters. The molecule has 0 heterocycles. The van der Waals surface area contributed by atoms with Crippen LogP contribution in [0.5, 0.6) is 0 Å². The highest BCUT2D eigenvalue weighted by atomic mass is 16.3. The third-order valence-electron chi connectivity index (χ3n) is 6.10. The number of anilines is 2. The molecule has 1 fully saturated rings. The molecular weight excluding hydrogens is 416 g/mol. The molecule has 0 bridgehead atoms. The Bertz CT molecular complexity index is 1130. The monoisotopic (exact) mass is 442 g/mol. The van der Waals surface area contributed by atoms with E-state index >= 15 is 0 Å². The van der Waals surface area contributed by atoms with Crippen molar-refractivity contribution in [2.75, 3.05) is 10.6 Å². The van der Waals surface area contributed by atoms with E-state index in [9.17, 15) is 19.5 Å². The Hall–Kier alpha value is -3.77. The van der Waals surface area contributed by atoms with E-state index < -0.39 is 41.0 Å². The van der Waals surface area contributed by atoms with Gasteiger partial charge in [0.2, 0.25) is 11.8 Å². The molecule has 3 aromatic carbocycles. The number of aliphatic hydroxyl groups is 1. The van der Waals surface area contributed by atoms with Gasteiger partial charge in [-0.2, -0.15) is 0 Å². The van der Waals surface area contributed by atoms with Crippen LogP contribution >= 0.6 is 0 Å². The summed E-state index contributed by atoms with van der Waals surface area (Å²) in [5.74, 6) is -4.32. The van der Waals surface area contributed by atoms with Crippen molar-refractivity contribution in [3.05, 3.63) is 96.6 Å². The fourth-order valence-electron chi connectivity index (χ4n) is 4.65. The maximum absolute atomic E-state index is 13.5. The first-order valence-corrected chi connectivity index (χ1v) is 10.9. The van der Waals surface area contributed by atoms with Gasteiger partial charge in [0.05, 0.1) is 11.5 Å². The van der Waals surface area contributed by atoms with Gasteiger partial charge in [0, 0.05) is 23.7 Å². The fraction of sp³-hybridized carbons (Fsp3) is 0.222. The van der Waals surface area contributed by atoms with Crippen molar-refractivity contribution in [2.45, 2.75) is 24.9 Å². The molecule has 0 radical (unpaired) electrons.